The van der Waals surface area contributed by atoms with Gasteiger partial charge in [0.1, 0.15) is 5.82 Å². The average Bonchev–Trinajstić information content (AvgIpc) is 2.69. The van der Waals surface area contributed by atoms with Crippen LogP contribution in [-0.2, 0) is 6.42 Å². The molecule has 1 heterocycles. The molecule has 2 aromatic rings. The van der Waals surface area contributed by atoms with Gasteiger partial charge in [-0.15, -0.1) is 0 Å². The molecule has 0 amide bonds. The third-order valence-electron chi connectivity index (χ3n) is 4.47. The number of aromatic nitrogens is 2. The lowest BCUT2D eigenvalue weighted by atomic mass is 9.92. The Balaban J connectivity index is 1.84. The second kappa shape index (κ2) is 6.29. The lowest BCUT2D eigenvalue weighted by molar-refractivity contribution is 0.453. The van der Waals surface area contributed by atoms with Crippen LogP contribution in [-0.4, -0.2) is 10.2 Å². The molecule has 0 saturated heterocycles. The van der Waals surface area contributed by atoms with Gasteiger partial charge in [0.05, 0.1) is 0 Å². The first kappa shape index (κ1) is 14.1. The lowest BCUT2D eigenvalue weighted by Gasteiger charge is -2.14. The van der Waals surface area contributed by atoms with E-state index in [9.17, 15) is 4.39 Å². The van der Waals surface area contributed by atoms with E-state index in [1.807, 2.05) is 0 Å². The van der Waals surface area contributed by atoms with Crippen molar-refractivity contribution in [1.82, 2.24) is 10.2 Å². The number of halogens is 1. The number of nitrogen functional groups attached to an aromatic ring is 1. The smallest absolute Gasteiger partial charge is 0.153 e. The Hall–Kier alpha value is -1.84. The van der Waals surface area contributed by atoms with Gasteiger partial charge in [-0.25, -0.2) is 4.39 Å². The number of aromatic amines is 1. The van der Waals surface area contributed by atoms with Crippen molar-refractivity contribution in [2.75, 3.05) is 5.73 Å². The number of nitrogens with two attached hydrogens (primary N) is 1. The molecule has 1 aromatic carbocycles. The van der Waals surface area contributed by atoms with Gasteiger partial charge in [0.2, 0.25) is 0 Å². The first-order chi connectivity index (χ1) is 10.2. The van der Waals surface area contributed by atoms with Crippen molar-refractivity contribution in [3.8, 4) is 11.1 Å². The van der Waals surface area contributed by atoms with E-state index in [1.54, 1.807) is 12.1 Å². The topological polar surface area (TPSA) is 54.7 Å². The molecular formula is C17H22FN3. The van der Waals surface area contributed by atoms with Crippen molar-refractivity contribution in [2.24, 2.45) is 5.92 Å². The van der Waals surface area contributed by atoms with Crippen LogP contribution in [0.1, 0.15) is 44.2 Å². The molecule has 4 heteroatoms. The zero-order valence-corrected chi connectivity index (χ0v) is 12.2. The Kier molecular flexibility index (Phi) is 4.23. The number of benzene rings is 1. The van der Waals surface area contributed by atoms with Crippen molar-refractivity contribution >= 4 is 5.82 Å². The maximum absolute atomic E-state index is 13.1. The number of hydrogen-bond donors (Lipinski definition) is 2. The van der Waals surface area contributed by atoms with E-state index in [-0.39, 0.29) is 5.82 Å². The monoisotopic (exact) mass is 287 g/mol. The molecule has 1 aliphatic rings. The number of H-pyrrole nitrogens is 1. The highest BCUT2D eigenvalue weighted by molar-refractivity contribution is 5.76. The minimum absolute atomic E-state index is 0.230. The van der Waals surface area contributed by atoms with Gasteiger partial charge in [0.15, 0.2) is 5.82 Å². The van der Waals surface area contributed by atoms with E-state index in [2.05, 4.69) is 10.2 Å². The predicted octanol–water partition coefficient (Wildman–Crippen LogP) is 4.31. The molecule has 112 valence electrons. The molecule has 1 aromatic heterocycles. The van der Waals surface area contributed by atoms with Crippen molar-refractivity contribution < 1.29 is 4.39 Å². The van der Waals surface area contributed by atoms with E-state index >= 15 is 0 Å². The summed E-state index contributed by atoms with van der Waals surface area (Å²) in [5.74, 6) is 0.975. The van der Waals surface area contributed by atoms with E-state index in [0.717, 1.165) is 23.2 Å². The highest BCUT2D eigenvalue weighted by Gasteiger charge is 2.19. The van der Waals surface area contributed by atoms with Gasteiger partial charge in [-0.2, -0.15) is 5.10 Å². The molecule has 3 rings (SSSR count). The molecular weight excluding hydrogens is 265 g/mol. The molecule has 0 aliphatic heterocycles. The standard InChI is InChI=1S/C17H22FN3/c18-14-9-7-13(8-10-14)16-15(20-21-17(16)19)11-12-5-3-1-2-4-6-12/h7-10,12H,1-6,11H2,(H3,19,20,21). The van der Waals surface area contributed by atoms with Crippen LogP contribution >= 0.6 is 0 Å². The summed E-state index contributed by atoms with van der Waals surface area (Å²) in [7, 11) is 0. The number of nitrogens with zero attached hydrogens (tertiary/aromatic N) is 1. The summed E-state index contributed by atoms with van der Waals surface area (Å²) < 4.78 is 13.1. The highest BCUT2D eigenvalue weighted by atomic mass is 19.1. The molecule has 3 N–H and O–H groups in total. The Labute approximate surface area is 124 Å². The van der Waals surface area contributed by atoms with Crippen LogP contribution in [0.15, 0.2) is 24.3 Å². The Bertz CT molecular complexity index is 581. The summed E-state index contributed by atoms with van der Waals surface area (Å²) in [6.07, 6.45) is 8.89. The SMILES string of the molecule is Nc1n[nH]c(CC2CCCCCC2)c1-c1ccc(F)cc1. The van der Waals surface area contributed by atoms with Crippen LogP contribution < -0.4 is 5.73 Å². The van der Waals surface area contributed by atoms with E-state index in [0.29, 0.717) is 11.7 Å². The molecule has 0 atom stereocenters. The summed E-state index contributed by atoms with van der Waals surface area (Å²) >= 11 is 0. The summed E-state index contributed by atoms with van der Waals surface area (Å²) in [5.41, 5.74) is 8.98. The van der Waals surface area contributed by atoms with Crippen LogP contribution in [0.25, 0.3) is 11.1 Å². The van der Waals surface area contributed by atoms with Gasteiger partial charge in [-0.1, -0.05) is 50.7 Å². The maximum Gasteiger partial charge on any atom is 0.153 e. The number of nitrogens with one attached hydrogen (secondary N) is 1. The fourth-order valence-corrected chi connectivity index (χ4v) is 3.34. The molecule has 0 unspecified atom stereocenters. The van der Waals surface area contributed by atoms with Crippen molar-refractivity contribution in [3.63, 3.8) is 0 Å². The predicted molar refractivity (Wildman–Crippen MR) is 83.3 cm³/mol. The van der Waals surface area contributed by atoms with Crippen molar-refractivity contribution in [3.05, 3.63) is 35.8 Å². The molecule has 3 nitrogen and oxygen atoms in total. The summed E-state index contributed by atoms with van der Waals surface area (Å²) in [6, 6.07) is 6.48. The zero-order valence-electron chi connectivity index (χ0n) is 12.2. The summed E-state index contributed by atoms with van der Waals surface area (Å²) in [5, 5.41) is 7.25. The number of anilines is 1. The lowest BCUT2D eigenvalue weighted by Crippen LogP contribution is -2.05. The van der Waals surface area contributed by atoms with E-state index in [1.165, 1.54) is 50.7 Å². The van der Waals surface area contributed by atoms with Crippen LogP contribution in [0, 0.1) is 11.7 Å². The van der Waals surface area contributed by atoms with Crippen LogP contribution in [0.4, 0.5) is 10.2 Å². The minimum Gasteiger partial charge on any atom is -0.382 e. The quantitative estimate of drug-likeness (QED) is 0.826. The van der Waals surface area contributed by atoms with Gasteiger partial charge in [-0.05, 0) is 30.0 Å². The summed E-state index contributed by atoms with van der Waals surface area (Å²) in [6.45, 7) is 0. The van der Waals surface area contributed by atoms with Gasteiger partial charge >= 0.3 is 0 Å². The van der Waals surface area contributed by atoms with Gasteiger partial charge in [0, 0.05) is 11.3 Å². The number of rotatable bonds is 3. The fraction of sp³-hybridized carbons (Fsp3) is 0.471. The van der Waals surface area contributed by atoms with E-state index < -0.39 is 0 Å². The van der Waals surface area contributed by atoms with Crippen molar-refractivity contribution in [2.45, 2.75) is 44.9 Å². The fourth-order valence-electron chi connectivity index (χ4n) is 3.34. The Morgan fingerprint density at radius 3 is 2.43 bits per heavy atom. The average molecular weight is 287 g/mol. The first-order valence-electron chi connectivity index (χ1n) is 7.82. The van der Waals surface area contributed by atoms with Crippen LogP contribution in [0.2, 0.25) is 0 Å². The molecule has 1 saturated carbocycles. The molecule has 0 bridgehead atoms. The first-order valence-corrected chi connectivity index (χ1v) is 7.82. The second-order valence-electron chi connectivity index (χ2n) is 6.03. The number of hydrogen-bond acceptors (Lipinski definition) is 2. The molecule has 0 radical (unpaired) electrons. The third kappa shape index (κ3) is 3.26. The molecule has 0 spiro atoms. The molecule has 21 heavy (non-hydrogen) atoms. The Morgan fingerprint density at radius 2 is 1.76 bits per heavy atom. The van der Waals surface area contributed by atoms with Gasteiger partial charge < -0.3 is 5.73 Å². The minimum atomic E-state index is -0.230. The van der Waals surface area contributed by atoms with Gasteiger partial charge in [0.25, 0.3) is 0 Å². The van der Waals surface area contributed by atoms with E-state index in [4.69, 9.17) is 5.73 Å². The van der Waals surface area contributed by atoms with Crippen molar-refractivity contribution in [1.29, 1.82) is 0 Å². The normalized spacial score (nSPS) is 16.8. The second-order valence-corrected chi connectivity index (χ2v) is 6.03. The largest absolute Gasteiger partial charge is 0.382 e. The maximum atomic E-state index is 13.1. The zero-order chi connectivity index (χ0) is 14.7. The van der Waals surface area contributed by atoms with Crippen LogP contribution in [0.5, 0.6) is 0 Å². The highest BCUT2D eigenvalue weighted by Crippen LogP contribution is 2.32. The molecule has 1 aliphatic carbocycles. The molecule has 1 fully saturated rings. The Morgan fingerprint density at radius 1 is 1.10 bits per heavy atom. The third-order valence-corrected chi connectivity index (χ3v) is 4.47. The van der Waals surface area contributed by atoms with Crippen LogP contribution in [0.3, 0.4) is 0 Å². The van der Waals surface area contributed by atoms with Gasteiger partial charge in [-0.3, -0.25) is 5.10 Å². The summed E-state index contributed by atoms with van der Waals surface area (Å²) in [4.78, 5) is 0.